The molecule has 1 N–H and O–H groups in total. The molecule has 0 radical (unpaired) electrons. The lowest BCUT2D eigenvalue weighted by molar-refractivity contribution is -0.137. The number of carboxylic acids is 1. The molecular formula is C22H29F2N5O5. The van der Waals surface area contributed by atoms with Crippen LogP contribution in [0.5, 0.6) is 0 Å². The molecule has 2 aromatic heterocycles. The van der Waals surface area contributed by atoms with Gasteiger partial charge >= 0.3 is 12.1 Å². The van der Waals surface area contributed by atoms with Crippen LogP contribution >= 0.6 is 0 Å². The lowest BCUT2D eigenvalue weighted by Gasteiger charge is -2.37. The summed E-state index contributed by atoms with van der Waals surface area (Å²) in [5, 5.41) is 9.48. The number of aliphatic carboxylic acids is 1. The molecule has 1 amide bonds. The first kappa shape index (κ1) is 25.3. The number of fused-ring (bicyclic) bond motifs is 1. The Morgan fingerprint density at radius 3 is 2.26 bits per heavy atom. The van der Waals surface area contributed by atoms with E-state index in [1.54, 1.807) is 32.6 Å². The van der Waals surface area contributed by atoms with Crippen LogP contribution in [-0.4, -0.2) is 68.4 Å². The third kappa shape index (κ3) is 5.10. The number of aromatic nitrogens is 3. The number of pyridine rings is 1. The highest BCUT2D eigenvalue weighted by Gasteiger charge is 2.30. The highest BCUT2D eigenvalue weighted by molar-refractivity contribution is 5.80. The van der Waals surface area contributed by atoms with Crippen molar-refractivity contribution in [1.82, 2.24) is 19.4 Å². The summed E-state index contributed by atoms with van der Waals surface area (Å²) in [5.41, 5.74) is -1.65. The molecule has 1 aliphatic heterocycles. The van der Waals surface area contributed by atoms with Crippen molar-refractivity contribution in [2.75, 3.05) is 31.1 Å². The highest BCUT2D eigenvalue weighted by atomic mass is 19.3. The van der Waals surface area contributed by atoms with Gasteiger partial charge in [-0.15, -0.1) is 0 Å². The van der Waals surface area contributed by atoms with Gasteiger partial charge in [0.05, 0.1) is 5.69 Å². The summed E-state index contributed by atoms with van der Waals surface area (Å²) < 4.78 is 33.7. The second kappa shape index (κ2) is 9.51. The van der Waals surface area contributed by atoms with E-state index in [4.69, 9.17) is 4.74 Å². The molecule has 12 heteroatoms. The summed E-state index contributed by atoms with van der Waals surface area (Å²) in [6.45, 7) is 9.02. The fourth-order valence-electron chi connectivity index (χ4n) is 4.00. The van der Waals surface area contributed by atoms with E-state index in [0.717, 1.165) is 0 Å². The monoisotopic (exact) mass is 481 g/mol. The fraction of sp³-hybridized carbons (Fsp3) is 0.591. The zero-order valence-corrected chi connectivity index (χ0v) is 19.9. The van der Waals surface area contributed by atoms with Gasteiger partial charge in [0.15, 0.2) is 11.2 Å². The van der Waals surface area contributed by atoms with Crippen molar-refractivity contribution >= 4 is 28.9 Å². The number of alkyl halides is 2. The minimum absolute atomic E-state index is 0.0395. The predicted molar refractivity (Wildman–Crippen MR) is 121 cm³/mol. The molecule has 10 nitrogen and oxygen atoms in total. The van der Waals surface area contributed by atoms with Crippen molar-refractivity contribution in [3.63, 3.8) is 0 Å². The summed E-state index contributed by atoms with van der Waals surface area (Å²) in [6, 6.07) is 0. The minimum Gasteiger partial charge on any atom is -0.480 e. The van der Waals surface area contributed by atoms with Crippen molar-refractivity contribution in [2.45, 2.75) is 59.6 Å². The largest absolute Gasteiger partial charge is 0.480 e. The Balaban J connectivity index is 2.09. The van der Waals surface area contributed by atoms with Crippen LogP contribution in [0.2, 0.25) is 0 Å². The second-order valence-electron chi connectivity index (χ2n) is 9.08. The van der Waals surface area contributed by atoms with Crippen LogP contribution in [0.3, 0.4) is 0 Å². The molecular weight excluding hydrogens is 452 g/mol. The lowest BCUT2D eigenvalue weighted by Crippen LogP contribution is -2.51. The first-order valence-electron chi connectivity index (χ1n) is 11.0. The van der Waals surface area contributed by atoms with Gasteiger partial charge in [0.2, 0.25) is 5.43 Å². The number of hydrogen-bond donors (Lipinski definition) is 1. The quantitative estimate of drug-likeness (QED) is 0.693. The van der Waals surface area contributed by atoms with Crippen LogP contribution in [0.1, 0.15) is 51.2 Å². The average Bonchev–Trinajstić information content (AvgIpc) is 2.73. The van der Waals surface area contributed by atoms with E-state index in [0.29, 0.717) is 12.1 Å². The summed E-state index contributed by atoms with van der Waals surface area (Å²) in [6.07, 6.45) is -3.10. The zero-order valence-electron chi connectivity index (χ0n) is 19.9. The molecule has 1 aliphatic rings. The van der Waals surface area contributed by atoms with Crippen molar-refractivity contribution < 1.29 is 28.2 Å². The number of ether oxygens (including phenoxy) is 1. The Morgan fingerprint density at radius 1 is 1.15 bits per heavy atom. The minimum atomic E-state index is -2.93. The van der Waals surface area contributed by atoms with Crippen LogP contribution in [0.4, 0.5) is 19.3 Å². The Hall–Kier alpha value is -3.31. The van der Waals surface area contributed by atoms with E-state index in [9.17, 15) is 28.3 Å². The van der Waals surface area contributed by atoms with E-state index < -0.39 is 41.8 Å². The van der Waals surface area contributed by atoms with Crippen molar-refractivity contribution in [2.24, 2.45) is 0 Å². The standard InChI is InChI=1S/C22H29F2N5O5/c1-6-13-17(27-7-9-28(10-8-27)21(33)34-22(3,4)5)18(32)16-20(29(13)11-14(30)31)25-12(2)15(26-16)19(23)24/h19H,6-11H2,1-5H3,(H,30,31). The number of rotatable bonds is 5. The maximum atomic E-state index is 13.5. The van der Waals surface area contributed by atoms with E-state index >= 15 is 0 Å². The van der Waals surface area contributed by atoms with Crippen LogP contribution in [-0.2, 0) is 22.5 Å². The number of carbonyl (C=O) groups is 2. The first-order valence-corrected chi connectivity index (χ1v) is 11.0. The molecule has 0 bridgehead atoms. The number of hydrogen-bond acceptors (Lipinski definition) is 7. The number of carboxylic acid groups (broad SMARTS) is 1. The predicted octanol–water partition coefficient (Wildman–Crippen LogP) is 2.74. The molecule has 3 heterocycles. The molecule has 3 rings (SSSR count). The number of carbonyl (C=O) groups excluding carboxylic acids is 1. The summed E-state index contributed by atoms with van der Waals surface area (Å²) in [7, 11) is 0. The van der Waals surface area contributed by atoms with Crippen molar-refractivity contribution in [3.8, 4) is 0 Å². The van der Waals surface area contributed by atoms with Gasteiger partial charge in [-0.2, -0.15) is 0 Å². The number of halogens is 2. The zero-order chi connectivity index (χ0) is 25.4. The first-order chi connectivity index (χ1) is 15.8. The van der Waals surface area contributed by atoms with Gasteiger partial charge in [0, 0.05) is 31.9 Å². The van der Waals surface area contributed by atoms with Gasteiger partial charge in [-0.25, -0.2) is 23.5 Å². The molecule has 2 aromatic rings. The molecule has 1 fully saturated rings. The van der Waals surface area contributed by atoms with Crippen molar-refractivity contribution in [1.29, 1.82) is 0 Å². The maximum Gasteiger partial charge on any atom is 0.410 e. The van der Waals surface area contributed by atoms with Gasteiger partial charge in [0.25, 0.3) is 6.43 Å². The van der Waals surface area contributed by atoms with E-state index in [1.807, 2.05) is 0 Å². The topological polar surface area (TPSA) is 118 Å². The summed E-state index contributed by atoms with van der Waals surface area (Å²) >= 11 is 0. The van der Waals surface area contributed by atoms with E-state index in [-0.39, 0.29) is 48.7 Å². The van der Waals surface area contributed by atoms with Gasteiger partial charge < -0.3 is 24.2 Å². The molecule has 0 saturated carbocycles. The SMILES string of the molecule is CCc1c(N2CCN(C(=O)OC(C)(C)C)CC2)c(=O)c2nc(C(F)F)c(C)nc2n1CC(=O)O. The molecule has 0 aromatic carbocycles. The maximum absolute atomic E-state index is 13.5. The molecule has 1 saturated heterocycles. The fourth-order valence-corrected chi connectivity index (χ4v) is 4.00. The Bertz CT molecular complexity index is 1170. The number of nitrogens with zero attached hydrogens (tertiary/aromatic N) is 5. The van der Waals surface area contributed by atoms with E-state index in [1.165, 1.54) is 16.4 Å². The molecule has 0 spiro atoms. The third-order valence-corrected chi connectivity index (χ3v) is 5.46. The Kier molecular flexibility index (Phi) is 7.08. The Labute approximate surface area is 195 Å². The smallest absolute Gasteiger partial charge is 0.410 e. The Morgan fingerprint density at radius 2 is 1.76 bits per heavy atom. The molecule has 0 atom stereocenters. The molecule has 0 aliphatic carbocycles. The summed E-state index contributed by atoms with van der Waals surface area (Å²) in [5.74, 6) is -1.17. The molecule has 186 valence electrons. The highest BCUT2D eigenvalue weighted by Crippen LogP contribution is 2.26. The van der Waals surface area contributed by atoms with Gasteiger partial charge in [0.1, 0.15) is 23.5 Å². The normalized spacial score (nSPS) is 14.7. The molecule has 0 unspecified atom stereocenters. The number of piperazine rings is 1. The van der Waals surface area contributed by atoms with Gasteiger partial charge in [-0.05, 0) is 34.1 Å². The molecule has 34 heavy (non-hydrogen) atoms. The lowest BCUT2D eigenvalue weighted by atomic mass is 10.1. The number of aryl methyl sites for hydroxylation is 1. The number of anilines is 1. The van der Waals surface area contributed by atoms with E-state index in [2.05, 4.69) is 9.97 Å². The summed E-state index contributed by atoms with van der Waals surface area (Å²) in [4.78, 5) is 48.8. The average molecular weight is 482 g/mol. The van der Waals surface area contributed by atoms with Crippen LogP contribution in [0.25, 0.3) is 11.2 Å². The van der Waals surface area contributed by atoms with Gasteiger partial charge in [-0.1, -0.05) is 6.92 Å². The van der Waals surface area contributed by atoms with Crippen LogP contribution < -0.4 is 10.3 Å². The second-order valence-corrected chi connectivity index (χ2v) is 9.08. The third-order valence-electron chi connectivity index (χ3n) is 5.46. The van der Waals surface area contributed by atoms with Crippen LogP contribution in [0.15, 0.2) is 4.79 Å². The van der Waals surface area contributed by atoms with Gasteiger partial charge in [-0.3, -0.25) is 9.59 Å². The van der Waals surface area contributed by atoms with Crippen molar-refractivity contribution in [3.05, 3.63) is 27.3 Å². The number of amides is 1. The van der Waals surface area contributed by atoms with Crippen LogP contribution in [0, 0.1) is 6.92 Å².